The minimum absolute atomic E-state index is 0.234. The first-order valence-electron chi connectivity index (χ1n) is 7.68. The molecule has 0 fully saturated rings. The average Bonchev–Trinajstić information content (AvgIpc) is 2.63. The standard InChI is InChI=1S/C18H14IN3O5/c1-2-27-14-5-3-13(4-6-14)21-18(24)12(10-20)7-11-8-15(19)17(23)16(9-11)22(25)26/h3-9,23H,2H2,1H3,(H,21,24)/b12-7-. The molecule has 0 unspecified atom stereocenters. The van der Waals surface area contributed by atoms with Crippen molar-refractivity contribution in [2.45, 2.75) is 6.92 Å². The zero-order valence-corrected chi connectivity index (χ0v) is 16.3. The van der Waals surface area contributed by atoms with Crippen LogP contribution in [-0.4, -0.2) is 22.5 Å². The van der Waals surface area contributed by atoms with Crippen LogP contribution in [0.15, 0.2) is 42.0 Å². The highest BCUT2D eigenvalue weighted by Gasteiger charge is 2.18. The van der Waals surface area contributed by atoms with Crippen molar-refractivity contribution in [2.75, 3.05) is 11.9 Å². The van der Waals surface area contributed by atoms with Gasteiger partial charge in [-0.25, -0.2) is 0 Å². The summed E-state index contributed by atoms with van der Waals surface area (Å²) >= 11 is 1.73. The SMILES string of the molecule is CCOc1ccc(NC(=O)/C(C#N)=C\c2cc(I)c(O)c([N+](=O)[O-])c2)cc1. The summed E-state index contributed by atoms with van der Waals surface area (Å²) in [5.74, 6) is -0.472. The quantitative estimate of drug-likeness (QED) is 0.213. The van der Waals surface area contributed by atoms with Gasteiger partial charge < -0.3 is 15.2 Å². The Kier molecular flexibility index (Phi) is 6.73. The number of carbonyl (C=O) groups excluding carboxylic acids is 1. The van der Waals surface area contributed by atoms with E-state index in [1.54, 1.807) is 52.9 Å². The van der Waals surface area contributed by atoms with E-state index >= 15 is 0 Å². The van der Waals surface area contributed by atoms with E-state index in [1.165, 1.54) is 12.1 Å². The fourth-order valence-corrected chi connectivity index (χ4v) is 2.78. The van der Waals surface area contributed by atoms with Gasteiger partial charge in [-0.3, -0.25) is 14.9 Å². The lowest BCUT2D eigenvalue weighted by Gasteiger charge is -2.07. The van der Waals surface area contributed by atoms with Gasteiger partial charge in [-0.1, -0.05) is 0 Å². The van der Waals surface area contributed by atoms with Crippen LogP contribution < -0.4 is 10.1 Å². The number of ether oxygens (including phenoxy) is 1. The summed E-state index contributed by atoms with van der Waals surface area (Å²) in [5, 5.41) is 32.6. The molecule has 2 aromatic rings. The first-order valence-corrected chi connectivity index (χ1v) is 8.76. The second kappa shape index (κ2) is 9.00. The van der Waals surface area contributed by atoms with Crippen LogP contribution in [0.4, 0.5) is 11.4 Å². The summed E-state index contributed by atoms with van der Waals surface area (Å²) in [6.45, 7) is 2.37. The Morgan fingerprint density at radius 1 is 1.41 bits per heavy atom. The van der Waals surface area contributed by atoms with Gasteiger partial charge in [-0.2, -0.15) is 5.26 Å². The van der Waals surface area contributed by atoms with Crippen LogP contribution in [0.25, 0.3) is 6.08 Å². The van der Waals surface area contributed by atoms with Gasteiger partial charge in [0.2, 0.25) is 5.75 Å². The molecule has 9 heteroatoms. The maximum atomic E-state index is 12.3. The number of aromatic hydroxyl groups is 1. The molecule has 27 heavy (non-hydrogen) atoms. The molecule has 0 aliphatic carbocycles. The maximum Gasteiger partial charge on any atom is 0.312 e. The van der Waals surface area contributed by atoms with Crippen LogP contribution in [0.5, 0.6) is 11.5 Å². The van der Waals surface area contributed by atoms with Gasteiger partial charge >= 0.3 is 5.69 Å². The van der Waals surface area contributed by atoms with Gasteiger partial charge in [0.25, 0.3) is 5.91 Å². The molecule has 0 aliphatic rings. The first-order chi connectivity index (χ1) is 12.8. The molecule has 0 aliphatic heterocycles. The zero-order valence-electron chi connectivity index (χ0n) is 14.1. The number of nitrogens with zero attached hydrogens (tertiary/aromatic N) is 2. The summed E-state index contributed by atoms with van der Waals surface area (Å²) in [6, 6.07) is 10.9. The Bertz CT molecular complexity index is 949. The smallest absolute Gasteiger partial charge is 0.312 e. The number of nitrogens with one attached hydrogen (secondary N) is 1. The molecule has 0 bridgehead atoms. The molecule has 8 nitrogen and oxygen atoms in total. The van der Waals surface area contributed by atoms with Crippen molar-refractivity contribution >= 4 is 45.9 Å². The van der Waals surface area contributed by atoms with E-state index in [4.69, 9.17) is 4.74 Å². The number of phenolic OH excluding ortho intramolecular Hbond substituents is 1. The van der Waals surface area contributed by atoms with E-state index in [-0.39, 0.29) is 14.7 Å². The molecule has 0 spiro atoms. The number of amides is 1. The van der Waals surface area contributed by atoms with Crippen molar-refractivity contribution in [1.29, 1.82) is 5.26 Å². The fourth-order valence-electron chi connectivity index (χ4n) is 2.14. The molecule has 0 radical (unpaired) electrons. The number of nitro groups is 1. The van der Waals surface area contributed by atoms with E-state index in [2.05, 4.69) is 5.32 Å². The number of nitro benzene ring substituents is 1. The largest absolute Gasteiger partial charge is 0.501 e. The molecule has 0 saturated heterocycles. The first kappa shape index (κ1) is 20.2. The number of benzene rings is 2. The molecule has 1 amide bonds. The lowest BCUT2D eigenvalue weighted by atomic mass is 10.1. The molecule has 0 saturated carbocycles. The summed E-state index contributed by atoms with van der Waals surface area (Å²) in [7, 11) is 0. The third-order valence-corrected chi connectivity index (χ3v) is 4.18. The van der Waals surface area contributed by atoms with E-state index < -0.39 is 22.3 Å². The zero-order chi connectivity index (χ0) is 20.0. The van der Waals surface area contributed by atoms with Crippen LogP contribution in [0.1, 0.15) is 12.5 Å². The molecule has 0 aromatic heterocycles. The maximum absolute atomic E-state index is 12.3. The van der Waals surface area contributed by atoms with Crippen molar-refractivity contribution < 1.29 is 19.6 Å². The van der Waals surface area contributed by atoms with Gasteiger partial charge in [0.1, 0.15) is 17.4 Å². The van der Waals surface area contributed by atoms with Crippen molar-refractivity contribution in [2.24, 2.45) is 0 Å². The number of phenols is 1. The number of carbonyl (C=O) groups is 1. The fraction of sp³-hybridized carbons (Fsp3) is 0.111. The highest BCUT2D eigenvalue weighted by Crippen LogP contribution is 2.33. The number of anilines is 1. The van der Waals surface area contributed by atoms with Gasteiger partial charge in [0.15, 0.2) is 0 Å². The predicted octanol–water partition coefficient (Wildman–Crippen LogP) is 3.85. The van der Waals surface area contributed by atoms with Gasteiger partial charge in [0.05, 0.1) is 15.1 Å². The molecule has 0 atom stereocenters. The minimum Gasteiger partial charge on any atom is -0.501 e. The van der Waals surface area contributed by atoms with E-state index in [0.29, 0.717) is 18.0 Å². The second-order valence-electron chi connectivity index (χ2n) is 5.21. The monoisotopic (exact) mass is 479 g/mol. The van der Waals surface area contributed by atoms with Crippen molar-refractivity contribution in [3.05, 3.63) is 61.2 Å². The topological polar surface area (TPSA) is 125 Å². The Morgan fingerprint density at radius 3 is 2.63 bits per heavy atom. The van der Waals surface area contributed by atoms with Gasteiger partial charge in [-0.15, -0.1) is 0 Å². The van der Waals surface area contributed by atoms with Crippen LogP contribution in [0.3, 0.4) is 0 Å². The molecule has 138 valence electrons. The van der Waals surface area contributed by atoms with Crippen molar-refractivity contribution in [3.63, 3.8) is 0 Å². The highest BCUT2D eigenvalue weighted by molar-refractivity contribution is 14.1. The number of rotatable bonds is 6. The minimum atomic E-state index is -0.735. The summed E-state index contributed by atoms with van der Waals surface area (Å²) in [6.07, 6.45) is 1.22. The summed E-state index contributed by atoms with van der Waals surface area (Å²) in [4.78, 5) is 22.6. The molecular formula is C18H14IN3O5. The van der Waals surface area contributed by atoms with Crippen LogP contribution >= 0.6 is 22.6 Å². The number of halogens is 1. The van der Waals surface area contributed by atoms with Crippen LogP contribution in [0, 0.1) is 25.0 Å². The van der Waals surface area contributed by atoms with Crippen LogP contribution in [-0.2, 0) is 4.79 Å². The average molecular weight is 479 g/mol. The van der Waals surface area contributed by atoms with Crippen molar-refractivity contribution in [1.82, 2.24) is 0 Å². The molecule has 2 N–H and O–H groups in total. The van der Waals surface area contributed by atoms with Gasteiger partial charge in [0, 0.05) is 11.8 Å². The third-order valence-electron chi connectivity index (χ3n) is 3.36. The molecular weight excluding hydrogens is 465 g/mol. The van der Waals surface area contributed by atoms with Crippen molar-refractivity contribution in [3.8, 4) is 17.6 Å². The normalized spacial score (nSPS) is 10.8. The Morgan fingerprint density at radius 2 is 2.07 bits per heavy atom. The summed E-state index contributed by atoms with van der Waals surface area (Å²) in [5.41, 5.74) is -0.0183. The van der Waals surface area contributed by atoms with Crippen LogP contribution in [0.2, 0.25) is 0 Å². The third kappa shape index (κ3) is 5.18. The molecule has 0 heterocycles. The number of nitriles is 1. The van der Waals surface area contributed by atoms with E-state index in [9.17, 15) is 25.3 Å². The lowest BCUT2D eigenvalue weighted by molar-refractivity contribution is -0.386. The Hall–Kier alpha value is -3.13. The van der Waals surface area contributed by atoms with E-state index in [1.807, 2.05) is 6.92 Å². The number of hydrogen-bond acceptors (Lipinski definition) is 6. The number of hydrogen-bond donors (Lipinski definition) is 2. The Balaban J connectivity index is 2.26. The van der Waals surface area contributed by atoms with E-state index in [0.717, 1.165) is 6.07 Å². The molecule has 2 rings (SSSR count). The van der Waals surface area contributed by atoms with Gasteiger partial charge in [-0.05, 0) is 71.5 Å². The Labute approximate surface area is 168 Å². The predicted molar refractivity (Wildman–Crippen MR) is 107 cm³/mol. The molecule has 2 aromatic carbocycles. The highest BCUT2D eigenvalue weighted by atomic mass is 127. The summed E-state index contributed by atoms with van der Waals surface area (Å²) < 4.78 is 5.55. The second-order valence-corrected chi connectivity index (χ2v) is 6.37. The lowest BCUT2D eigenvalue weighted by Crippen LogP contribution is -2.13.